The molecule has 0 aliphatic heterocycles. The average Bonchev–Trinajstić information content (AvgIpc) is 2.66. The number of amides is 1. The first-order valence-electron chi connectivity index (χ1n) is 9.17. The van der Waals surface area contributed by atoms with Gasteiger partial charge in [-0.2, -0.15) is 0 Å². The molecule has 2 N–H and O–H groups in total. The molecule has 2 aromatic carbocycles. The van der Waals surface area contributed by atoms with Gasteiger partial charge >= 0.3 is 0 Å². The van der Waals surface area contributed by atoms with E-state index < -0.39 is 0 Å². The van der Waals surface area contributed by atoms with Gasteiger partial charge in [-0.05, 0) is 61.7 Å². The van der Waals surface area contributed by atoms with Gasteiger partial charge in [0.25, 0.3) is 5.91 Å². The molecule has 5 nitrogen and oxygen atoms in total. The van der Waals surface area contributed by atoms with Gasteiger partial charge in [-0.25, -0.2) is 0 Å². The van der Waals surface area contributed by atoms with Crippen LogP contribution >= 0.6 is 0 Å². The van der Waals surface area contributed by atoms with E-state index in [4.69, 9.17) is 9.47 Å². The largest absolute Gasteiger partial charge is 0.494 e. The van der Waals surface area contributed by atoms with Gasteiger partial charge in [0.1, 0.15) is 18.1 Å². The van der Waals surface area contributed by atoms with Crippen LogP contribution < -0.4 is 20.3 Å². The van der Waals surface area contributed by atoms with Crippen LogP contribution in [0.1, 0.15) is 43.6 Å². The van der Waals surface area contributed by atoms with Crippen molar-refractivity contribution in [2.75, 3.05) is 6.61 Å². The highest BCUT2D eigenvalue weighted by Crippen LogP contribution is 2.18. The number of carbonyl (C=O) groups is 1. The van der Waals surface area contributed by atoms with Crippen molar-refractivity contribution in [3.8, 4) is 11.5 Å². The molecule has 144 valence electrons. The zero-order valence-electron chi connectivity index (χ0n) is 16.4. The second kappa shape index (κ2) is 10.3. The maximum Gasteiger partial charge on any atom is 0.269 e. The molecule has 0 spiro atoms. The fourth-order valence-corrected chi connectivity index (χ4v) is 2.49. The van der Waals surface area contributed by atoms with Crippen LogP contribution in [0.2, 0.25) is 0 Å². The van der Waals surface area contributed by atoms with Crippen molar-refractivity contribution in [2.24, 2.45) is 5.92 Å². The third-order valence-electron chi connectivity index (χ3n) is 3.71. The topological polar surface area (TPSA) is 59.6 Å². The number of ether oxygens (including phenoxy) is 2. The fraction of sp³-hybridized carbons (Fsp3) is 0.318. The molecule has 27 heavy (non-hydrogen) atoms. The minimum absolute atomic E-state index is 0.175. The summed E-state index contributed by atoms with van der Waals surface area (Å²) >= 11 is 0. The van der Waals surface area contributed by atoms with Crippen LogP contribution in [0, 0.1) is 5.92 Å². The summed E-state index contributed by atoms with van der Waals surface area (Å²) < 4.78 is 11.2. The number of hydrazine groups is 1. The summed E-state index contributed by atoms with van der Waals surface area (Å²) in [5.41, 5.74) is 8.10. The molecule has 0 aliphatic rings. The van der Waals surface area contributed by atoms with E-state index in [1.807, 2.05) is 56.3 Å². The second-order valence-corrected chi connectivity index (χ2v) is 6.56. The number of rotatable bonds is 9. The first-order valence-corrected chi connectivity index (χ1v) is 9.17. The average molecular weight is 368 g/mol. The maximum absolute atomic E-state index is 12.2. The Morgan fingerprint density at radius 2 is 1.56 bits per heavy atom. The lowest BCUT2D eigenvalue weighted by Crippen LogP contribution is -2.36. The molecule has 2 aromatic rings. The lowest BCUT2D eigenvalue weighted by atomic mass is 10.1. The molecule has 0 radical (unpaired) electrons. The molecule has 5 heteroatoms. The molecule has 1 amide bonds. The van der Waals surface area contributed by atoms with Gasteiger partial charge in [0.2, 0.25) is 0 Å². The van der Waals surface area contributed by atoms with Crippen LogP contribution in [0.25, 0.3) is 0 Å². The molecule has 0 heterocycles. The third-order valence-corrected chi connectivity index (χ3v) is 3.71. The van der Waals surface area contributed by atoms with E-state index >= 15 is 0 Å². The van der Waals surface area contributed by atoms with Gasteiger partial charge in [-0.3, -0.25) is 10.2 Å². The predicted octanol–water partition coefficient (Wildman–Crippen LogP) is 4.46. The summed E-state index contributed by atoms with van der Waals surface area (Å²) in [6.45, 7) is 9.12. The third kappa shape index (κ3) is 7.05. The van der Waals surface area contributed by atoms with Crippen LogP contribution in [0.5, 0.6) is 11.5 Å². The second-order valence-electron chi connectivity index (χ2n) is 6.56. The Hall–Kier alpha value is -2.95. The highest BCUT2D eigenvalue weighted by molar-refractivity contribution is 5.93. The van der Waals surface area contributed by atoms with E-state index in [9.17, 15) is 4.79 Å². The smallest absolute Gasteiger partial charge is 0.269 e. The highest BCUT2D eigenvalue weighted by Gasteiger charge is 2.05. The van der Waals surface area contributed by atoms with Crippen LogP contribution in [0.15, 0.2) is 60.3 Å². The molecule has 0 aliphatic carbocycles. The van der Waals surface area contributed by atoms with Gasteiger partial charge in [0.05, 0.1) is 6.61 Å². The lowest BCUT2D eigenvalue weighted by molar-refractivity contribution is 0.0938. The Balaban J connectivity index is 1.84. The molecule has 0 saturated carbocycles. The van der Waals surface area contributed by atoms with Gasteiger partial charge in [-0.1, -0.05) is 32.1 Å². The van der Waals surface area contributed by atoms with Crippen molar-refractivity contribution < 1.29 is 14.3 Å². The van der Waals surface area contributed by atoms with E-state index in [1.165, 1.54) is 0 Å². The molecule has 0 saturated heterocycles. The minimum atomic E-state index is -0.175. The lowest BCUT2D eigenvalue weighted by Gasteiger charge is -2.11. The number of hydrogen-bond acceptors (Lipinski definition) is 4. The summed E-state index contributed by atoms with van der Waals surface area (Å²) in [7, 11) is 0. The molecule has 0 fully saturated rings. The quantitative estimate of drug-likeness (QED) is 0.642. The zero-order valence-corrected chi connectivity index (χ0v) is 16.4. The fourth-order valence-electron chi connectivity index (χ4n) is 2.49. The van der Waals surface area contributed by atoms with Crippen LogP contribution in [-0.4, -0.2) is 12.5 Å². The molecule has 0 atom stereocenters. The van der Waals surface area contributed by atoms with Crippen molar-refractivity contribution in [1.29, 1.82) is 0 Å². The summed E-state index contributed by atoms with van der Waals surface area (Å²) in [5, 5.41) is 0. The molecule has 0 bridgehead atoms. The standard InChI is InChI=1S/C22H28N2O3/c1-5-26-20-10-12-21(13-11-20)27-15-18-6-8-19(9-7-18)22(25)24-23-17(4)14-16(2)3/h6-14,16,23H,5,15H2,1-4H3,(H,24,25)/b17-14+. The summed E-state index contributed by atoms with van der Waals surface area (Å²) in [6, 6.07) is 14.9. The Labute approximate surface area is 161 Å². The maximum atomic E-state index is 12.2. The Bertz CT molecular complexity index is 750. The first kappa shape index (κ1) is 20.4. The number of carbonyl (C=O) groups excluding carboxylic acids is 1. The van der Waals surface area contributed by atoms with Gasteiger partial charge in [-0.15, -0.1) is 0 Å². The zero-order chi connectivity index (χ0) is 19.6. The molecule has 2 rings (SSSR count). The predicted molar refractivity (Wildman–Crippen MR) is 108 cm³/mol. The van der Waals surface area contributed by atoms with Crippen LogP contribution in [-0.2, 0) is 6.61 Å². The van der Waals surface area contributed by atoms with E-state index in [0.29, 0.717) is 24.7 Å². The minimum Gasteiger partial charge on any atom is -0.494 e. The Morgan fingerprint density at radius 3 is 2.11 bits per heavy atom. The molecule has 0 aromatic heterocycles. The molecule has 0 unspecified atom stereocenters. The summed E-state index contributed by atoms with van der Waals surface area (Å²) in [6.07, 6.45) is 2.04. The summed E-state index contributed by atoms with van der Waals surface area (Å²) in [4.78, 5) is 12.2. The monoisotopic (exact) mass is 368 g/mol. The normalized spacial score (nSPS) is 11.2. The van der Waals surface area contributed by atoms with Gasteiger partial charge in [0, 0.05) is 11.3 Å². The molecular weight excluding hydrogens is 340 g/mol. The number of allylic oxidation sites excluding steroid dienone is 2. The van der Waals surface area contributed by atoms with E-state index in [1.54, 1.807) is 12.1 Å². The highest BCUT2D eigenvalue weighted by atomic mass is 16.5. The Kier molecular flexibility index (Phi) is 7.74. The van der Waals surface area contributed by atoms with E-state index in [-0.39, 0.29) is 5.91 Å². The van der Waals surface area contributed by atoms with Gasteiger partial charge < -0.3 is 14.9 Å². The number of nitrogens with one attached hydrogen (secondary N) is 2. The SMILES string of the molecule is CCOc1ccc(OCc2ccc(C(=O)NN/C(C)=C/C(C)C)cc2)cc1. The number of hydrogen-bond donors (Lipinski definition) is 2. The van der Waals surface area contributed by atoms with Crippen LogP contribution in [0.4, 0.5) is 0 Å². The van der Waals surface area contributed by atoms with Crippen LogP contribution in [0.3, 0.4) is 0 Å². The number of benzene rings is 2. The summed E-state index contributed by atoms with van der Waals surface area (Å²) in [5.74, 6) is 1.85. The van der Waals surface area contributed by atoms with Crippen molar-refractivity contribution in [1.82, 2.24) is 10.9 Å². The first-order chi connectivity index (χ1) is 13.0. The van der Waals surface area contributed by atoms with Gasteiger partial charge in [0.15, 0.2) is 0 Å². The Morgan fingerprint density at radius 1 is 0.963 bits per heavy atom. The van der Waals surface area contributed by atoms with E-state index in [0.717, 1.165) is 22.8 Å². The molecular formula is C22H28N2O3. The van der Waals surface area contributed by atoms with E-state index in [2.05, 4.69) is 24.7 Å². The van der Waals surface area contributed by atoms with Crippen molar-refractivity contribution in [2.45, 2.75) is 34.3 Å². The van der Waals surface area contributed by atoms with Crippen molar-refractivity contribution in [3.63, 3.8) is 0 Å². The van der Waals surface area contributed by atoms with Crippen molar-refractivity contribution in [3.05, 3.63) is 71.4 Å². The van der Waals surface area contributed by atoms with Crippen molar-refractivity contribution >= 4 is 5.91 Å².